The number of H-pyrrole nitrogens is 2. The quantitative estimate of drug-likeness (QED) is 0.259. The number of aromatic nitrogens is 4. The zero-order chi connectivity index (χ0) is 25.7. The second-order valence-electron chi connectivity index (χ2n) is 7.52. The molecule has 4 rings (SSSR count). The summed E-state index contributed by atoms with van der Waals surface area (Å²) in [6.45, 7) is 5.40. The zero-order valence-corrected chi connectivity index (χ0v) is 19.6. The lowest BCUT2D eigenvalue weighted by Gasteiger charge is -2.02. The van der Waals surface area contributed by atoms with Crippen LogP contribution in [0.5, 0.6) is 0 Å². The number of hydrogen-bond acceptors (Lipinski definition) is 6. The average Bonchev–Trinajstić information content (AvgIpc) is 3.23. The fraction of sp³-hybridized carbons (Fsp3) is 0.0476. The van der Waals surface area contributed by atoms with Crippen LogP contribution in [0.3, 0.4) is 0 Å². The van der Waals surface area contributed by atoms with Crippen LogP contribution in [0.25, 0.3) is 24.0 Å². The highest BCUT2D eigenvalue weighted by Gasteiger charge is 2.15. The van der Waals surface area contributed by atoms with Crippen LogP contribution in [-0.2, 0) is 20.2 Å². The molecule has 182 valence electrons. The maximum Gasteiger partial charge on any atom is 0.294 e. The van der Waals surface area contributed by atoms with Gasteiger partial charge in [0.2, 0.25) is 0 Å². The predicted molar refractivity (Wildman–Crippen MR) is 125 cm³/mol. The number of rotatable bonds is 5. The van der Waals surface area contributed by atoms with Crippen molar-refractivity contribution in [1.29, 1.82) is 0 Å². The molecule has 2 heterocycles. The lowest BCUT2D eigenvalue weighted by Crippen LogP contribution is -2.34. The summed E-state index contributed by atoms with van der Waals surface area (Å²) in [5, 5.41) is 5.88. The zero-order valence-electron chi connectivity index (χ0n) is 18.0. The van der Waals surface area contributed by atoms with Crippen molar-refractivity contribution in [3.63, 3.8) is 0 Å². The molecule has 0 unspecified atom stereocenters. The third-order valence-corrected chi connectivity index (χ3v) is 6.93. The molecule has 0 aliphatic rings. The van der Waals surface area contributed by atoms with Crippen LogP contribution in [0.4, 0.5) is 0 Å². The van der Waals surface area contributed by atoms with Crippen molar-refractivity contribution >= 4 is 32.9 Å². The van der Waals surface area contributed by atoms with Crippen LogP contribution >= 0.6 is 0 Å². The van der Waals surface area contributed by atoms with E-state index in [2.05, 4.69) is 16.8 Å². The number of nitrogens with zero attached hydrogens (tertiary/aromatic N) is 2. The summed E-state index contributed by atoms with van der Waals surface area (Å²) < 4.78 is 65.4. The SMILES string of the molecule is C=c1[nH]n(-c2ccc(S(=O)(=O)O)cc2)c(=O)c1=Cc1c(C)[nH]n(-c2ccc(S(=O)(=O)O)cc2)c1=O. The molecule has 0 amide bonds. The van der Waals surface area contributed by atoms with Crippen molar-refractivity contribution in [3.05, 3.63) is 91.1 Å². The number of benzene rings is 2. The first-order valence-corrected chi connectivity index (χ1v) is 12.6. The second-order valence-corrected chi connectivity index (χ2v) is 10.4. The molecule has 35 heavy (non-hydrogen) atoms. The molecular weight excluding hydrogens is 500 g/mol. The molecule has 4 N–H and O–H groups in total. The van der Waals surface area contributed by atoms with Gasteiger partial charge in [-0.3, -0.25) is 28.9 Å². The molecule has 0 atom stereocenters. The summed E-state index contributed by atoms with van der Waals surface area (Å²) in [6, 6.07) is 9.83. The minimum atomic E-state index is -4.39. The van der Waals surface area contributed by atoms with E-state index >= 15 is 0 Å². The Morgan fingerprint density at radius 3 is 1.63 bits per heavy atom. The summed E-state index contributed by atoms with van der Waals surface area (Å²) in [5.74, 6) is 0. The average molecular weight is 519 g/mol. The normalized spacial score (nSPS) is 12.8. The van der Waals surface area contributed by atoms with Crippen LogP contribution in [0.2, 0.25) is 0 Å². The van der Waals surface area contributed by atoms with Crippen molar-refractivity contribution in [2.45, 2.75) is 16.7 Å². The Kier molecular flexibility index (Phi) is 5.76. The van der Waals surface area contributed by atoms with E-state index in [-0.39, 0.29) is 31.6 Å². The van der Waals surface area contributed by atoms with Gasteiger partial charge in [0.1, 0.15) is 0 Å². The van der Waals surface area contributed by atoms with Gasteiger partial charge in [-0.05, 0) is 61.5 Å². The van der Waals surface area contributed by atoms with Gasteiger partial charge < -0.3 is 0 Å². The monoisotopic (exact) mass is 518 g/mol. The Labute approximate surface area is 197 Å². The second kappa shape index (κ2) is 8.35. The Morgan fingerprint density at radius 1 is 0.771 bits per heavy atom. The summed E-state index contributed by atoms with van der Waals surface area (Å²) in [6.07, 6.45) is 1.35. The van der Waals surface area contributed by atoms with Gasteiger partial charge in [-0.2, -0.15) is 16.8 Å². The highest BCUT2D eigenvalue weighted by molar-refractivity contribution is 7.86. The van der Waals surface area contributed by atoms with Gasteiger partial charge >= 0.3 is 0 Å². The molecule has 12 nitrogen and oxygen atoms in total. The van der Waals surface area contributed by atoms with E-state index in [0.717, 1.165) is 33.6 Å². The number of nitrogens with one attached hydrogen (secondary N) is 2. The Bertz CT molecular complexity index is 1890. The first kappa shape index (κ1) is 24.2. The van der Waals surface area contributed by atoms with Gasteiger partial charge in [-0.1, -0.05) is 6.58 Å². The minimum absolute atomic E-state index is 0.0805. The Morgan fingerprint density at radius 2 is 1.20 bits per heavy atom. The van der Waals surface area contributed by atoms with Crippen LogP contribution in [0.15, 0.2) is 67.9 Å². The Hall–Kier alpha value is -3.98. The summed E-state index contributed by atoms with van der Waals surface area (Å²) in [7, 11) is -8.78. The largest absolute Gasteiger partial charge is 0.295 e. The maximum absolute atomic E-state index is 13.0. The van der Waals surface area contributed by atoms with E-state index in [0.29, 0.717) is 11.4 Å². The van der Waals surface area contributed by atoms with Crippen LogP contribution < -0.4 is 21.7 Å². The smallest absolute Gasteiger partial charge is 0.294 e. The lowest BCUT2D eigenvalue weighted by atomic mass is 10.2. The molecule has 2 aromatic heterocycles. The third-order valence-electron chi connectivity index (χ3n) is 5.20. The van der Waals surface area contributed by atoms with Gasteiger partial charge in [0.15, 0.2) is 0 Å². The van der Waals surface area contributed by atoms with Crippen molar-refractivity contribution in [3.8, 4) is 11.4 Å². The molecule has 0 saturated carbocycles. The van der Waals surface area contributed by atoms with Gasteiger partial charge in [0.05, 0.1) is 37.3 Å². The van der Waals surface area contributed by atoms with E-state index in [1.54, 1.807) is 6.92 Å². The molecule has 0 saturated heterocycles. The number of aryl methyl sites for hydroxylation is 1. The standard InChI is InChI=1S/C21H18N4O8S2/c1-12-18(20(26)24(22-12)14-3-7-16(8-4-14)34(28,29)30)11-19-13(2)23-25(21(19)27)15-5-9-17(10-6-15)35(31,32)33/h3-11,22-23H,1H2,2H3,(H,28,29,30)(H,31,32,33). The first-order chi connectivity index (χ1) is 16.3. The van der Waals surface area contributed by atoms with Gasteiger partial charge in [0, 0.05) is 5.69 Å². The van der Waals surface area contributed by atoms with E-state index in [9.17, 15) is 26.4 Å². The van der Waals surface area contributed by atoms with Crippen LogP contribution in [-0.4, -0.2) is 45.5 Å². The lowest BCUT2D eigenvalue weighted by molar-refractivity contribution is 0.481. The predicted octanol–water partition coefficient (Wildman–Crippen LogP) is -0.314. The van der Waals surface area contributed by atoms with Crippen molar-refractivity contribution in [2.75, 3.05) is 0 Å². The molecule has 0 bridgehead atoms. The Balaban J connectivity index is 1.80. The molecule has 0 aliphatic carbocycles. The molecular formula is C21H18N4O8S2. The fourth-order valence-electron chi connectivity index (χ4n) is 3.42. The topological polar surface area (TPSA) is 184 Å². The molecule has 0 radical (unpaired) electrons. The number of hydrogen-bond donors (Lipinski definition) is 4. The van der Waals surface area contributed by atoms with Crippen molar-refractivity contribution < 1.29 is 25.9 Å². The highest BCUT2D eigenvalue weighted by Crippen LogP contribution is 2.13. The van der Waals surface area contributed by atoms with Gasteiger partial charge in [-0.15, -0.1) is 0 Å². The van der Waals surface area contributed by atoms with Crippen LogP contribution in [0.1, 0.15) is 11.3 Å². The first-order valence-electron chi connectivity index (χ1n) is 9.76. The van der Waals surface area contributed by atoms with E-state index in [1.165, 1.54) is 30.3 Å². The van der Waals surface area contributed by atoms with Crippen molar-refractivity contribution in [2.24, 2.45) is 0 Å². The summed E-state index contributed by atoms with van der Waals surface area (Å²) in [5.41, 5.74) is 0.0564. The van der Waals surface area contributed by atoms with Gasteiger partial charge in [-0.25, -0.2) is 9.36 Å². The third kappa shape index (κ3) is 4.54. The molecule has 2 aromatic carbocycles. The summed E-state index contributed by atoms with van der Waals surface area (Å²) >= 11 is 0. The van der Waals surface area contributed by atoms with Crippen LogP contribution in [0, 0.1) is 6.92 Å². The molecule has 4 aromatic rings. The fourth-order valence-corrected chi connectivity index (χ4v) is 4.38. The molecule has 14 heteroatoms. The highest BCUT2D eigenvalue weighted by atomic mass is 32.2. The minimum Gasteiger partial charge on any atom is -0.295 e. The summed E-state index contributed by atoms with van der Waals surface area (Å²) in [4.78, 5) is 25.4. The number of aromatic amines is 2. The molecule has 0 fully saturated rings. The van der Waals surface area contributed by atoms with E-state index < -0.39 is 31.4 Å². The van der Waals surface area contributed by atoms with Gasteiger partial charge in [0.25, 0.3) is 31.4 Å². The van der Waals surface area contributed by atoms with Crippen molar-refractivity contribution in [1.82, 2.24) is 19.6 Å². The molecule has 0 aliphatic heterocycles. The maximum atomic E-state index is 13.0. The van der Waals surface area contributed by atoms with E-state index in [1.807, 2.05) is 0 Å². The van der Waals surface area contributed by atoms with E-state index in [4.69, 9.17) is 9.11 Å². The molecule has 0 spiro atoms.